The molecule has 1 aliphatic heterocycles. The van der Waals surface area contributed by atoms with Crippen LogP contribution in [0, 0.1) is 23.2 Å². The summed E-state index contributed by atoms with van der Waals surface area (Å²) in [5.41, 5.74) is -4.68. The lowest BCUT2D eigenvalue weighted by atomic mass is 9.52. The number of aliphatic hydroxyl groups is 1. The number of hydrogen-bond donors (Lipinski definition) is 1. The summed E-state index contributed by atoms with van der Waals surface area (Å²) in [4.78, 5) is 103. The SMILES string of the molecule is COC(=O)/C1=C/[C@@H]2OC(=O)[C@H](C)[C@@]2(O)[C@H](OC(C)=O)[C@H]2[C@@H](C)[C@@H](OC(C)=O)C[C@@H](OC(C)=O)[C@]2(C)[C@@H](OC(C)=O)C[C@H]1OC(=O)C[C@H](C)OC(C)=O. The van der Waals surface area contributed by atoms with E-state index in [-0.39, 0.29) is 6.42 Å². The second-order valence-corrected chi connectivity index (χ2v) is 13.8. The first-order valence-corrected chi connectivity index (χ1v) is 16.9. The van der Waals surface area contributed by atoms with E-state index in [2.05, 4.69) is 0 Å². The number of hydrogen-bond acceptors (Lipinski definition) is 17. The molecular formula is C35H48O17. The number of carbonyl (C=O) groups excluding carboxylic acids is 8. The molecule has 290 valence electrons. The first kappa shape index (κ1) is 41.9. The number of carbonyl (C=O) groups is 8. The van der Waals surface area contributed by atoms with Gasteiger partial charge in [-0.2, -0.15) is 0 Å². The van der Waals surface area contributed by atoms with E-state index in [4.69, 9.17) is 37.9 Å². The standard InChI is InChI=1S/C35H48O17/c1-15(46-18(4)36)11-29(41)51-25-14-27(49-21(7)39)34(9)26(48-20(6)38)13-24(47-19(5)37)16(2)30(34)31(50-22(8)40)35(44)17(3)32(42)52-28(35)12-23(25)33(43)45-10/h12,15-17,24-28,30-31,44H,11,13-14H2,1-10H3/b23-12+/t15-,16-,17-,24-,25+,26+,27-,28-,30+,31+,34+,35-/m0/s1. The molecule has 1 saturated carbocycles. The fraction of sp³-hybridized carbons (Fsp3) is 0.714. The number of rotatable bonds is 9. The van der Waals surface area contributed by atoms with E-state index in [1.54, 1.807) is 6.92 Å². The van der Waals surface area contributed by atoms with E-state index < -0.39 is 138 Å². The van der Waals surface area contributed by atoms with Gasteiger partial charge < -0.3 is 43.0 Å². The van der Waals surface area contributed by atoms with Crippen LogP contribution in [0.4, 0.5) is 0 Å². The van der Waals surface area contributed by atoms with Gasteiger partial charge in [-0.15, -0.1) is 0 Å². The summed E-state index contributed by atoms with van der Waals surface area (Å²) in [5, 5.41) is 12.8. The molecule has 1 heterocycles. The normalized spacial score (nSPS) is 35.7. The van der Waals surface area contributed by atoms with Gasteiger partial charge in [-0.25, -0.2) is 4.79 Å². The molecule has 12 atom stereocenters. The Morgan fingerprint density at radius 2 is 1.38 bits per heavy atom. The molecule has 17 heteroatoms. The first-order valence-electron chi connectivity index (χ1n) is 16.9. The maximum absolute atomic E-state index is 13.5. The molecule has 0 bridgehead atoms. The summed E-state index contributed by atoms with van der Waals surface area (Å²) >= 11 is 0. The maximum atomic E-state index is 13.5. The fourth-order valence-electron chi connectivity index (χ4n) is 7.84. The number of esters is 8. The van der Waals surface area contributed by atoms with E-state index in [1.807, 2.05) is 0 Å². The van der Waals surface area contributed by atoms with Gasteiger partial charge in [0, 0.05) is 64.7 Å². The highest BCUT2D eigenvalue weighted by atomic mass is 16.6. The van der Waals surface area contributed by atoms with Crippen molar-refractivity contribution in [1.82, 2.24) is 0 Å². The zero-order chi connectivity index (χ0) is 39.5. The molecule has 0 amide bonds. The van der Waals surface area contributed by atoms with Crippen molar-refractivity contribution < 1.29 is 81.4 Å². The van der Waals surface area contributed by atoms with Gasteiger partial charge in [0.1, 0.15) is 36.6 Å². The van der Waals surface area contributed by atoms with Crippen LogP contribution in [-0.2, 0) is 76.3 Å². The molecule has 0 aromatic rings. The molecular weight excluding hydrogens is 692 g/mol. The molecule has 2 aliphatic carbocycles. The van der Waals surface area contributed by atoms with Gasteiger partial charge in [-0.05, 0) is 19.9 Å². The van der Waals surface area contributed by atoms with Crippen molar-refractivity contribution in [3.63, 3.8) is 0 Å². The summed E-state index contributed by atoms with van der Waals surface area (Å²) in [5.74, 6) is -10.6. The Morgan fingerprint density at radius 1 is 0.846 bits per heavy atom. The molecule has 3 rings (SSSR count). The van der Waals surface area contributed by atoms with Gasteiger partial charge >= 0.3 is 47.8 Å². The van der Waals surface area contributed by atoms with Gasteiger partial charge in [0.25, 0.3) is 0 Å². The van der Waals surface area contributed by atoms with Crippen LogP contribution in [0.3, 0.4) is 0 Å². The summed E-state index contributed by atoms with van der Waals surface area (Å²) in [6.07, 6.45) is -10.1. The predicted molar refractivity (Wildman–Crippen MR) is 172 cm³/mol. The van der Waals surface area contributed by atoms with E-state index >= 15 is 0 Å². The lowest BCUT2D eigenvalue weighted by Gasteiger charge is -2.58. The fourth-order valence-corrected chi connectivity index (χ4v) is 7.84. The highest BCUT2D eigenvalue weighted by Crippen LogP contribution is 2.57. The third-order valence-corrected chi connectivity index (χ3v) is 10.1. The smallest absolute Gasteiger partial charge is 0.337 e. The predicted octanol–water partition coefficient (Wildman–Crippen LogP) is 1.42. The Kier molecular flexibility index (Phi) is 13.2. The molecule has 1 saturated heterocycles. The molecule has 17 nitrogen and oxygen atoms in total. The molecule has 0 radical (unpaired) electrons. The third kappa shape index (κ3) is 8.73. The number of fused-ring (bicyclic) bond motifs is 2. The van der Waals surface area contributed by atoms with Crippen LogP contribution < -0.4 is 0 Å². The van der Waals surface area contributed by atoms with E-state index in [1.165, 1.54) is 20.8 Å². The van der Waals surface area contributed by atoms with Crippen molar-refractivity contribution in [2.45, 2.75) is 130 Å². The van der Waals surface area contributed by atoms with Crippen molar-refractivity contribution in [3.8, 4) is 0 Å². The number of methoxy groups -OCH3 is 1. The van der Waals surface area contributed by atoms with Crippen LogP contribution in [0.2, 0.25) is 0 Å². The minimum atomic E-state index is -2.50. The highest BCUT2D eigenvalue weighted by molar-refractivity contribution is 5.90. The molecule has 52 heavy (non-hydrogen) atoms. The molecule has 1 N–H and O–H groups in total. The van der Waals surface area contributed by atoms with Gasteiger partial charge in [0.15, 0.2) is 11.7 Å². The van der Waals surface area contributed by atoms with Crippen molar-refractivity contribution >= 4 is 47.8 Å². The summed E-state index contributed by atoms with van der Waals surface area (Å²) in [6.45, 7) is 11.5. The van der Waals surface area contributed by atoms with Crippen molar-refractivity contribution in [2.75, 3.05) is 7.11 Å². The molecule has 0 aromatic heterocycles. The topological polar surface area (TPSA) is 231 Å². The van der Waals surface area contributed by atoms with Gasteiger partial charge in [0.05, 0.1) is 25.0 Å². The van der Waals surface area contributed by atoms with Crippen molar-refractivity contribution in [1.29, 1.82) is 0 Å². The zero-order valence-corrected chi connectivity index (χ0v) is 31.0. The third-order valence-electron chi connectivity index (χ3n) is 10.1. The molecule has 2 fully saturated rings. The highest BCUT2D eigenvalue weighted by Gasteiger charge is 2.70. The monoisotopic (exact) mass is 740 g/mol. The van der Waals surface area contributed by atoms with E-state index in [0.29, 0.717) is 0 Å². The average molecular weight is 741 g/mol. The Morgan fingerprint density at radius 3 is 1.88 bits per heavy atom. The first-order chi connectivity index (χ1) is 24.1. The molecule has 0 spiro atoms. The van der Waals surface area contributed by atoms with E-state index in [0.717, 1.165) is 47.8 Å². The van der Waals surface area contributed by atoms with Gasteiger partial charge in [-0.3, -0.25) is 33.6 Å². The van der Waals surface area contributed by atoms with Crippen molar-refractivity contribution in [3.05, 3.63) is 11.6 Å². The Balaban J connectivity index is 2.49. The van der Waals surface area contributed by atoms with Crippen LogP contribution in [0.5, 0.6) is 0 Å². The van der Waals surface area contributed by atoms with Crippen LogP contribution >= 0.6 is 0 Å². The van der Waals surface area contributed by atoms with Gasteiger partial charge in [0.2, 0.25) is 0 Å². The van der Waals surface area contributed by atoms with Crippen LogP contribution in [0.25, 0.3) is 0 Å². The van der Waals surface area contributed by atoms with Crippen molar-refractivity contribution in [2.24, 2.45) is 23.2 Å². The Labute approximate surface area is 300 Å². The summed E-state index contributed by atoms with van der Waals surface area (Å²) in [6, 6.07) is 0. The van der Waals surface area contributed by atoms with Crippen LogP contribution in [0.1, 0.15) is 81.6 Å². The minimum absolute atomic E-state index is 0.172. The second kappa shape index (κ2) is 16.4. The quantitative estimate of drug-likeness (QED) is 0.260. The van der Waals surface area contributed by atoms with Gasteiger partial charge in [-0.1, -0.05) is 13.8 Å². The Bertz CT molecular complexity index is 1480. The average Bonchev–Trinajstić information content (AvgIpc) is 3.22. The summed E-state index contributed by atoms with van der Waals surface area (Å²) < 4.78 is 44.8. The van der Waals surface area contributed by atoms with E-state index in [9.17, 15) is 43.5 Å². The zero-order valence-electron chi connectivity index (χ0n) is 31.0. The lowest BCUT2D eigenvalue weighted by Crippen LogP contribution is -2.69. The molecule has 0 aromatic carbocycles. The molecule has 3 aliphatic rings. The second-order valence-electron chi connectivity index (χ2n) is 13.8. The Hall–Kier alpha value is -4.54. The maximum Gasteiger partial charge on any atom is 0.337 e. The summed E-state index contributed by atoms with van der Waals surface area (Å²) in [7, 11) is 1.02. The largest absolute Gasteiger partial charge is 0.466 e. The van der Waals surface area contributed by atoms with Crippen LogP contribution in [-0.4, -0.2) is 108 Å². The minimum Gasteiger partial charge on any atom is -0.466 e. The lowest BCUT2D eigenvalue weighted by molar-refractivity contribution is -0.254. The van der Waals surface area contributed by atoms with Crippen LogP contribution in [0.15, 0.2) is 11.6 Å². The number of ether oxygens (including phenoxy) is 8. The molecule has 0 unspecified atom stereocenters.